The number of hydrogen-bond donors (Lipinski definition) is 1. The summed E-state index contributed by atoms with van der Waals surface area (Å²) < 4.78 is 47.8. The number of halogens is 3. The number of hydrogen-bond acceptors (Lipinski definition) is 6. The lowest BCUT2D eigenvalue weighted by Gasteiger charge is -2.37. The first kappa shape index (κ1) is 27.2. The zero-order valence-electron chi connectivity index (χ0n) is 22.2. The number of ether oxygens (including phenoxy) is 1. The van der Waals surface area contributed by atoms with Gasteiger partial charge >= 0.3 is 17.8 Å². The van der Waals surface area contributed by atoms with Gasteiger partial charge in [-0.25, -0.2) is 19.3 Å². The van der Waals surface area contributed by atoms with Crippen molar-refractivity contribution in [1.29, 1.82) is 5.26 Å². The van der Waals surface area contributed by atoms with Crippen molar-refractivity contribution in [3.8, 4) is 6.07 Å². The van der Waals surface area contributed by atoms with Gasteiger partial charge in [-0.2, -0.15) is 18.4 Å². The summed E-state index contributed by atoms with van der Waals surface area (Å²) in [7, 11) is 3.34. The van der Waals surface area contributed by atoms with Gasteiger partial charge in [0.05, 0.1) is 50.0 Å². The highest BCUT2D eigenvalue weighted by atomic mass is 19.4. The Morgan fingerprint density at radius 3 is 2.60 bits per heavy atom. The minimum atomic E-state index is -4.60. The van der Waals surface area contributed by atoms with E-state index in [1.807, 2.05) is 0 Å². The minimum Gasteiger partial charge on any atom is -0.466 e. The highest BCUT2D eigenvalue weighted by Crippen LogP contribution is 2.44. The topological polar surface area (TPSA) is 104 Å². The molecule has 1 fully saturated rings. The Labute approximate surface area is 228 Å². The molecular formula is C28H28F3N6O3+. The quantitative estimate of drug-likeness (QED) is 0.371. The molecule has 0 saturated carbocycles. The van der Waals surface area contributed by atoms with E-state index >= 15 is 0 Å². The van der Waals surface area contributed by atoms with Crippen LogP contribution in [0.1, 0.15) is 48.1 Å². The van der Waals surface area contributed by atoms with E-state index in [-0.39, 0.29) is 22.9 Å². The molecule has 5 rings (SSSR count). The summed E-state index contributed by atoms with van der Waals surface area (Å²) in [6, 6.07) is 10.9. The summed E-state index contributed by atoms with van der Waals surface area (Å²) >= 11 is 0. The molecular weight excluding hydrogens is 525 g/mol. The molecule has 3 heterocycles. The fourth-order valence-electron chi connectivity index (χ4n) is 5.83. The van der Waals surface area contributed by atoms with E-state index in [0.29, 0.717) is 17.7 Å². The van der Waals surface area contributed by atoms with Crippen LogP contribution in [0.3, 0.4) is 0 Å². The Bertz CT molecular complexity index is 1610. The second-order valence-electron chi connectivity index (χ2n) is 10.4. The first-order valence-electron chi connectivity index (χ1n) is 12.8. The van der Waals surface area contributed by atoms with Crippen molar-refractivity contribution in [2.24, 2.45) is 0 Å². The summed E-state index contributed by atoms with van der Waals surface area (Å²) in [5.41, 5.74) is 0.704. The average molecular weight is 554 g/mol. The van der Waals surface area contributed by atoms with Gasteiger partial charge in [0.2, 0.25) is 5.95 Å². The van der Waals surface area contributed by atoms with E-state index in [4.69, 9.17) is 4.74 Å². The van der Waals surface area contributed by atoms with Crippen LogP contribution in [0.15, 0.2) is 58.5 Å². The molecule has 12 heteroatoms. The molecule has 208 valence electrons. The van der Waals surface area contributed by atoms with Crippen LogP contribution in [0, 0.1) is 11.3 Å². The first-order valence-corrected chi connectivity index (χ1v) is 12.8. The van der Waals surface area contributed by atoms with Crippen molar-refractivity contribution in [3.63, 3.8) is 0 Å². The summed E-state index contributed by atoms with van der Waals surface area (Å²) in [6.45, 7) is 4.04. The van der Waals surface area contributed by atoms with Crippen molar-refractivity contribution >= 4 is 17.6 Å². The number of aromatic amines is 1. The lowest BCUT2D eigenvalue weighted by atomic mass is 9.89. The molecule has 1 N–H and O–H groups in total. The zero-order valence-corrected chi connectivity index (χ0v) is 22.2. The van der Waals surface area contributed by atoms with Gasteiger partial charge in [0, 0.05) is 29.8 Å². The molecule has 9 nitrogen and oxygen atoms in total. The number of carbonyl (C=O) groups is 1. The molecule has 2 aliphatic heterocycles. The van der Waals surface area contributed by atoms with Gasteiger partial charge in [-0.05, 0) is 42.8 Å². The smallest absolute Gasteiger partial charge is 0.416 e. The van der Waals surface area contributed by atoms with E-state index in [1.165, 1.54) is 28.7 Å². The number of fused-ring (bicyclic) bond motifs is 1. The van der Waals surface area contributed by atoms with Crippen molar-refractivity contribution in [1.82, 2.24) is 14.8 Å². The number of quaternary nitrogens is 1. The Morgan fingerprint density at radius 1 is 1.23 bits per heavy atom. The highest BCUT2D eigenvalue weighted by molar-refractivity contribution is 5.93. The number of nitriles is 1. The number of methoxy groups -OCH3 is 1. The van der Waals surface area contributed by atoms with E-state index in [2.05, 4.69) is 23.3 Å². The van der Waals surface area contributed by atoms with Gasteiger partial charge in [0.25, 0.3) is 0 Å². The predicted molar refractivity (Wildman–Crippen MR) is 139 cm³/mol. The molecule has 0 bridgehead atoms. The number of benzene rings is 2. The fourth-order valence-corrected chi connectivity index (χ4v) is 5.83. The number of carbonyl (C=O) groups excluding carboxylic acids is 1. The number of esters is 1. The van der Waals surface area contributed by atoms with Crippen LogP contribution in [-0.4, -0.2) is 52.5 Å². The molecule has 0 spiro atoms. The first-order chi connectivity index (χ1) is 19.0. The van der Waals surface area contributed by atoms with Crippen LogP contribution in [0.25, 0.3) is 0 Å². The number of alkyl halides is 3. The fraction of sp³-hybridized carbons (Fsp3) is 0.357. The summed E-state index contributed by atoms with van der Waals surface area (Å²) in [5, 5.41) is 16.2. The van der Waals surface area contributed by atoms with E-state index < -0.39 is 29.4 Å². The maximum atomic E-state index is 13.6. The molecule has 1 unspecified atom stereocenters. The van der Waals surface area contributed by atoms with Gasteiger partial charge in [-0.3, -0.25) is 4.90 Å². The number of allylic oxidation sites excluding steroid dienone is 1. The summed E-state index contributed by atoms with van der Waals surface area (Å²) in [5.74, 6) is -0.716. The van der Waals surface area contributed by atoms with Crippen molar-refractivity contribution in [3.05, 3.63) is 86.5 Å². The molecule has 1 saturated heterocycles. The van der Waals surface area contributed by atoms with E-state index in [1.54, 1.807) is 25.1 Å². The van der Waals surface area contributed by atoms with Gasteiger partial charge in [-0.1, -0.05) is 12.1 Å². The third-order valence-corrected chi connectivity index (χ3v) is 7.74. The molecule has 1 aromatic heterocycles. The van der Waals surface area contributed by atoms with Crippen LogP contribution in [0.4, 0.5) is 24.8 Å². The second kappa shape index (κ2) is 9.98. The van der Waals surface area contributed by atoms with Gasteiger partial charge in [0.15, 0.2) is 0 Å². The SMILES string of the molecule is COC(=O)C1=C(C)N(c2cccc(C(F)(F)F)c2)c2n[nH]c(=O)n2C1c1ccc(C#N)cc1C[N+]1(C)CCCC1. The normalized spacial score (nSPS) is 18.4. The maximum Gasteiger partial charge on any atom is 0.416 e. The van der Waals surface area contributed by atoms with Crippen molar-refractivity contribution in [2.75, 3.05) is 32.1 Å². The molecule has 2 aromatic carbocycles. The summed E-state index contributed by atoms with van der Waals surface area (Å²) in [4.78, 5) is 28.0. The van der Waals surface area contributed by atoms with Gasteiger partial charge in [-0.15, -0.1) is 5.10 Å². The maximum absolute atomic E-state index is 13.6. The predicted octanol–water partition coefficient (Wildman–Crippen LogP) is 4.39. The second-order valence-corrected chi connectivity index (χ2v) is 10.4. The average Bonchev–Trinajstić information content (AvgIpc) is 3.52. The van der Waals surface area contributed by atoms with Crippen LogP contribution < -0.4 is 10.6 Å². The molecule has 0 amide bonds. The molecule has 40 heavy (non-hydrogen) atoms. The molecule has 2 aliphatic rings. The largest absolute Gasteiger partial charge is 0.466 e. The molecule has 0 radical (unpaired) electrons. The number of nitrogens with zero attached hydrogens (tertiary/aromatic N) is 5. The third kappa shape index (κ3) is 4.66. The zero-order chi connectivity index (χ0) is 28.8. The van der Waals surface area contributed by atoms with Crippen LogP contribution in [0.2, 0.25) is 0 Å². The minimum absolute atomic E-state index is 0.0244. The summed E-state index contributed by atoms with van der Waals surface area (Å²) in [6.07, 6.45) is -2.47. The monoisotopic (exact) mass is 553 g/mol. The van der Waals surface area contributed by atoms with E-state index in [9.17, 15) is 28.0 Å². The lowest BCUT2D eigenvalue weighted by Crippen LogP contribution is -2.41. The van der Waals surface area contributed by atoms with E-state index in [0.717, 1.165) is 48.1 Å². The molecule has 0 aliphatic carbocycles. The standard InChI is InChI=1S/C28H27F3N6O3/c1-17-23(25(38)40-3)24(22-10-9-18(15-32)13-19(22)16-37(2)11-4-5-12-37)36-26(33-34-27(36)39)35(17)21-8-6-7-20(14-21)28(29,30)31/h6-10,13-14,24H,4-5,11-12,16H2,1-3H3/p+1. The molecule has 3 aromatic rings. The number of likely N-dealkylation sites (tertiary alicyclic amines) is 1. The number of H-pyrrole nitrogens is 1. The van der Waals surface area contributed by atoms with Gasteiger partial charge < -0.3 is 9.22 Å². The van der Waals surface area contributed by atoms with Crippen molar-refractivity contribution < 1.29 is 27.2 Å². The highest BCUT2D eigenvalue weighted by Gasteiger charge is 2.42. The number of rotatable bonds is 5. The molecule has 1 atom stereocenters. The Balaban J connectivity index is 1.76. The number of nitrogens with one attached hydrogen (secondary N) is 1. The van der Waals surface area contributed by atoms with Crippen LogP contribution in [0.5, 0.6) is 0 Å². The Hall–Kier alpha value is -4.37. The lowest BCUT2D eigenvalue weighted by molar-refractivity contribution is -0.910. The number of aromatic nitrogens is 3. The van der Waals surface area contributed by atoms with Crippen LogP contribution in [-0.2, 0) is 22.3 Å². The third-order valence-electron chi connectivity index (χ3n) is 7.74. The number of anilines is 2. The van der Waals surface area contributed by atoms with Gasteiger partial charge in [0.1, 0.15) is 12.6 Å². The Morgan fingerprint density at radius 2 is 1.95 bits per heavy atom. The van der Waals surface area contributed by atoms with Crippen LogP contribution >= 0.6 is 0 Å². The van der Waals surface area contributed by atoms with Crippen molar-refractivity contribution in [2.45, 2.75) is 38.5 Å². The Kier molecular flexibility index (Phi) is 6.79.